The first-order valence-electron chi connectivity index (χ1n) is 9.93. The molecule has 0 unspecified atom stereocenters. The Hall–Kier alpha value is -3.63. The fourth-order valence-corrected chi connectivity index (χ4v) is 2.94. The van der Waals surface area contributed by atoms with E-state index in [4.69, 9.17) is 10.5 Å². The van der Waals surface area contributed by atoms with Gasteiger partial charge in [-0.25, -0.2) is 18.3 Å². The predicted molar refractivity (Wildman–Crippen MR) is 116 cm³/mol. The van der Waals surface area contributed by atoms with Gasteiger partial charge in [-0.05, 0) is 35.9 Å². The number of benzene rings is 2. The van der Waals surface area contributed by atoms with E-state index >= 15 is 0 Å². The lowest BCUT2D eigenvalue weighted by molar-refractivity contribution is 0.162. The molecular formula is C22H23F2N5O3. The van der Waals surface area contributed by atoms with E-state index in [-0.39, 0.29) is 30.0 Å². The molecule has 8 nitrogen and oxygen atoms in total. The van der Waals surface area contributed by atoms with E-state index in [2.05, 4.69) is 15.7 Å². The first-order chi connectivity index (χ1) is 15.4. The normalized spacial score (nSPS) is 10.7. The lowest BCUT2D eigenvalue weighted by Gasteiger charge is -2.10. The highest BCUT2D eigenvalue weighted by atomic mass is 19.1. The summed E-state index contributed by atoms with van der Waals surface area (Å²) in [6.07, 6.45) is -0.609. The molecule has 3 rings (SSSR count). The number of anilines is 1. The van der Waals surface area contributed by atoms with Gasteiger partial charge in [0.15, 0.2) is 0 Å². The van der Waals surface area contributed by atoms with Gasteiger partial charge < -0.3 is 15.8 Å². The molecule has 1 heterocycles. The molecule has 0 fully saturated rings. The summed E-state index contributed by atoms with van der Waals surface area (Å²) in [6, 6.07) is 12.6. The van der Waals surface area contributed by atoms with E-state index in [0.717, 1.165) is 18.2 Å². The molecule has 32 heavy (non-hydrogen) atoms. The summed E-state index contributed by atoms with van der Waals surface area (Å²) < 4.78 is 33.3. The average Bonchev–Trinajstić information content (AvgIpc) is 2.75. The van der Waals surface area contributed by atoms with Crippen LogP contribution < -0.4 is 21.9 Å². The number of amides is 1. The summed E-state index contributed by atoms with van der Waals surface area (Å²) in [5.41, 5.74) is 6.62. The van der Waals surface area contributed by atoms with E-state index in [1.807, 2.05) is 0 Å². The van der Waals surface area contributed by atoms with Crippen LogP contribution in [0.15, 0.2) is 59.4 Å². The van der Waals surface area contributed by atoms with Crippen LogP contribution in [0.25, 0.3) is 11.3 Å². The van der Waals surface area contributed by atoms with Crippen LogP contribution in [0.1, 0.15) is 5.56 Å². The van der Waals surface area contributed by atoms with Gasteiger partial charge in [0.2, 0.25) is 0 Å². The van der Waals surface area contributed by atoms with Crippen molar-refractivity contribution < 1.29 is 18.3 Å². The number of aromatic nitrogens is 2. The first kappa shape index (κ1) is 23.0. The summed E-state index contributed by atoms with van der Waals surface area (Å²) in [7, 11) is 0. The number of carbonyl (C=O) groups is 1. The third-order valence-corrected chi connectivity index (χ3v) is 4.36. The standard InChI is InChI=1S/C22H23F2N5O3/c23-17-11-16(12-18(24)13-17)20-4-5-21(30)29(28-20)14-15-2-1-3-19(10-15)27-22(31)32-9-8-26-7-6-25/h1-5,10-13,26H,6-9,14,25H2,(H,27,31). The summed E-state index contributed by atoms with van der Waals surface area (Å²) in [5.74, 6) is -1.47. The third-order valence-electron chi connectivity index (χ3n) is 4.36. The fourth-order valence-electron chi connectivity index (χ4n) is 2.94. The zero-order valence-electron chi connectivity index (χ0n) is 17.2. The smallest absolute Gasteiger partial charge is 0.411 e. The second kappa shape index (κ2) is 11.1. The predicted octanol–water partition coefficient (Wildman–Crippen LogP) is 2.33. The van der Waals surface area contributed by atoms with Crippen LogP contribution in [0, 0.1) is 11.6 Å². The van der Waals surface area contributed by atoms with Gasteiger partial charge in [-0.15, -0.1) is 0 Å². The number of hydrogen-bond acceptors (Lipinski definition) is 6. The Labute approximate surface area is 183 Å². The number of nitrogens with two attached hydrogens (primary N) is 1. The molecule has 0 saturated heterocycles. The lowest BCUT2D eigenvalue weighted by atomic mass is 10.1. The highest BCUT2D eigenvalue weighted by molar-refractivity contribution is 5.84. The van der Waals surface area contributed by atoms with Crippen LogP contribution in [0.3, 0.4) is 0 Å². The van der Waals surface area contributed by atoms with Crippen molar-refractivity contribution in [3.63, 3.8) is 0 Å². The van der Waals surface area contributed by atoms with Gasteiger partial charge in [-0.1, -0.05) is 12.1 Å². The molecule has 0 atom stereocenters. The Kier molecular flexibility index (Phi) is 8.01. The Morgan fingerprint density at radius 3 is 2.59 bits per heavy atom. The quantitative estimate of drug-likeness (QED) is 0.438. The van der Waals surface area contributed by atoms with Crippen molar-refractivity contribution in [2.24, 2.45) is 5.73 Å². The molecule has 0 saturated carbocycles. The summed E-state index contributed by atoms with van der Waals surface area (Å²) in [6.45, 7) is 1.91. The summed E-state index contributed by atoms with van der Waals surface area (Å²) in [5, 5.41) is 9.84. The van der Waals surface area contributed by atoms with Gasteiger partial charge in [-0.3, -0.25) is 10.1 Å². The molecule has 2 aromatic carbocycles. The van der Waals surface area contributed by atoms with Crippen LogP contribution in [0.2, 0.25) is 0 Å². The molecule has 0 aliphatic rings. The molecule has 4 N–H and O–H groups in total. The van der Waals surface area contributed by atoms with Gasteiger partial charge in [-0.2, -0.15) is 5.10 Å². The van der Waals surface area contributed by atoms with Gasteiger partial charge in [0.25, 0.3) is 5.56 Å². The second-order valence-electron chi connectivity index (χ2n) is 6.87. The molecule has 0 radical (unpaired) electrons. The Morgan fingerprint density at radius 1 is 1.06 bits per heavy atom. The van der Waals surface area contributed by atoms with Gasteiger partial charge in [0.05, 0.1) is 12.2 Å². The van der Waals surface area contributed by atoms with Crippen molar-refractivity contribution >= 4 is 11.8 Å². The second-order valence-corrected chi connectivity index (χ2v) is 6.87. The number of nitrogens with one attached hydrogen (secondary N) is 2. The lowest BCUT2D eigenvalue weighted by Crippen LogP contribution is -2.27. The molecular weight excluding hydrogens is 420 g/mol. The molecule has 1 amide bonds. The molecule has 1 aromatic heterocycles. The minimum Gasteiger partial charge on any atom is -0.448 e. The zero-order chi connectivity index (χ0) is 22.9. The monoisotopic (exact) mass is 443 g/mol. The number of nitrogens with zero attached hydrogens (tertiary/aromatic N) is 2. The maximum atomic E-state index is 13.5. The number of carbonyl (C=O) groups excluding carboxylic acids is 1. The van der Waals surface area contributed by atoms with E-state index in [1.54, 1.807) is 24.3 Å². The van der Waals surface area contributed by atoms with Crippen molar-refractivity contribution in [3.8, 4) is 11.3 Å². The van der Waals surface area contributed by atoms with Crippen LogP contribution in [-0.2, 0) is 11.3 Å². The van der Waals surface area contributed by atoms with E-state index in [9.17, 15) is 18.4 Å². The van der Waals surface area contributed by atoms with Crippen LogP contribution in [0.5, 0.6) is 0 Å². The van der Waals surface area contributed by atoms with Gasteiger partial charge >= 0.3 is 6.09 Å². The van der Waals surface area contributed by atoms with Gasteiger partial charge in [0.1, 0.15) is 18.2 Å². The Morgan fingerprint density at radius 2 is 1.84 bits per heavy atom. The molecule has 0 spiro atoms. The maximum absolute atomic E-state index is 13.5. The van der Waals surface area contributed by atoms with Crippen molar-refractivity contribution in [3.05, 3.63) is 82.1 Å². The van der Waals surface area contributed by atoms with E-state index < -0.39 is 17.7 Å². The Balaban J connectivity index is 1.68. The number of halogens is 2. The van der Waals surface area contributed by atoms with Crippen molar-refractivity contribution in [2.75, 3.05) is 31.6 Å². The topological polar surface area (TPSA) is 111 Å². The molecule has 3 aromatic rings. The largest absolute Gasteiger partial charge is 0.448 e. The van der Waals surface area contributed by atoms with E-state index in [1.165, 1.54) is 16.8 Å². The highest BCUT2D eigenvalue weighted by Gasteiger charge is 2.09. The zero-order valence-corrected chi connectivity index (χ0v) is 17.2. The SMILES string of the molecule is NCCNCCOC(=O)Nc1cccc(Cn2nc(-c3cc(F)cc(F)c3)ccc2=O)c1. The number of hydrogen-bond donors (Lipinski definition) is 3. The number of rotatable bonds is 9. The van der Waals surface area contributed by atoms with Crippen molar-refractivity contribution in [1.82, 2.24) is 15.1 Å². The maximum Gasteiger partial charge on any atom is 0.411 e. The molecule has 10 heteroatoms. The first-order valence-corrected chi connectivity index (χ1v) is 9.93. The summed E-state index contributed by atoms with van der Waals surface area (Å²) >= 11 is 0. The minimum atomic E-state index is -0.736. The third kappa shape index (κ3) is 6.69. The summed E-state index contributed by atoms with van der Waals surface area (Å²) in [4.78, 5) is 24.2. The van der Waals surface area contributed by atoms with Gasteiger partial charge in [0, 0.05) is 43.0 Å². The van der Waals surface area contributed by atoms with Crippen LogP contribution >= 0.6 is 0 Å². The van der Waals surface area contributed by atoms with E-state index in [0.29, 0.717) is 30.9 Å². The van der Waals surface area contributed by atoms with Crippen molar-refractivity contribution in [1.29, 1.82) is 0 Å². The van der Waals surface area contributed by atoms with Crippen LogP contribution in [0.4, 0.5) is 19.3 Å². The van der Waals surface area contributed by atoms with Crippen LogP contribution in [-0.4, -0.2) is 42.1 Å². The molecule has 0 bridgehead atoms. The van der Waals surface area contributed by atoms with Crippen molar-refractivity contribution in [2.45, 2.75) is 6.54 Å². The fraction of sp³-hybridized carbons (Fsp3) is 0.227. The Bertz CT molecular complexity index is 1120. The molecule has 168 valence electrons. The molecule has 0 aliphatic heterocycles. The minimum absolute atomic E-state index is 0.0953. The highest BCUT2D eigenvalue weighted by Crippen LogP contribution is 2.19. The number of ether oxygens (including phenoxy) is 1. The average molecular weight is 443 g/mol. The molecule has 0 aliphatic carbocycles.